The highest BCUT2D eigenvalue weighted by atomic mass is 35.5. The van der Waals surface area contributed by atoms with Crippen molar-refractivity contribution in [2.75, 3.05) is 6.54 Å². The number of benzene rings is 1. The van der Waals surface area contributed by atoms with Gasteiger partial charge in [-0.1, -0.05) is 31.0 Å². The van der Waals surface area contributed by atoms with Gasteiger partial charge in [0.25, 0.3) is 0 Å². The van der Waals surface area contributed by atoms with Crippen molar-refractivity contribution in [2.45, 2.75) is 39.3 Å². The maximum atomic E-state index is 14.0. The fraction of sp³-hybridized carbons (Fsp3) is 0.438. The Bertz CT molecular complexity index is 631. The van der Waals surface area contributed by atoms with Crippen LogP contribution in [-0.2, 0) is 25.9 Å². The van der Waals surface area contributed by atoms with Crippen LogP contribution in [0.3, 0.4) is 0 Å². The average Bonchev–Trinajstić information content (AvgIpc) is 2.82. The first kappa shape index (κ1) is 14.5. The quantitative estimate of drug-likeness (QED) is 0.939. The Labute approximate surface area is 129 Å². The minimum atomic E-state index is -0.266. The highest BCUT2D eigenvalue weighted by molar-refractivity contribution is 6.31. The van der Waals surface area contributed by atoms with Crippen LogP contribution in [0.1, 0.15) is 35.9 Å². The number of aryl methyl sites for hydroxylation is 1. The van der Waals surface area contributed by atoms with Crippen LogP contribution in [0, 0.1) is 5.82 Å². The first-order valence-electron chi connectivity index (χ1n) is 7.41. The molecule has 1 aromatic heterocycles. The van der Waals surface area contributed by atoms with Gasteiger partial charge < -0.3 is 5.32 Å². The number of halogens is 2. The monoisotopic (exact) mass is 307 g/mol. The highest BCUT2D eigenvalue weighted by Crippen LogP contribution is 2.24. The molecule has 1 N–H and O–H groups in total. The SMILES string of the molecule is CCCc1nn(Cc2c(F)cccc2Cl)c2c1CNCC2. The van der Waals surface area contributed by atoms with Gasteiger partial charge in [0.05, 0.1) is 12.2 Å². The van der Waals surface area contributed by atoms with Crippen molar-refractivity contribution >= 4 is 11.6 Å². The normalized spacial score (nSPS) is 14.2. The number of nitrogens with one attached hydrogen (secondary N) is 1. The van der Waals surface area contributed by atoms with Gasteiger partial charge in [0, 0.05) is 41.4 Å². The van der Waals surface area contributed by atoms with Crippen LogP contribution in [0.15, 0.2) is 18.2 Å². The zero-order valence-corrected chi connectivity index (χ0v) is 12.9. The van der Waals surface area contributed by atoms with Crippen LogP contribution >= 0.6 is 11.6 Å². The van der Waals surface area contributed by atoms with Crippen molar-refractivity contribution in [3.63, 3.8) is 0 Å². The third-order valence-electron chi connectivity index (χ3n) is 3.95. The summed E-state index contributed by atoms with van der Waals surface area (Å²) in [5.74, 6) is -0.266. The van der Waals surface area contributed by atoms with E-state index in [1.165, 1.54) is 17.3 Å². The van der Waals surface area contributed by atoms with Gasteiger partial charge in [0.1, 0.15) is 5.82 Å². The largest absolute Gasteiger partial charge is 0.312 e. The first-order chi connectivity index (χ1) is 10.2. The molecule has 3 rings (SSSR count). The van der Waals surface area contributed by atoms with Gasteiger partial charge in [-0.25, -0.2) is 4.39 Å². The number of rotatable bonds is 4. The van der Waals surface area contributed by atoms with Crippen LogP contribution in [-0.4, -0.2) is 16.3 Å². The van der Waals surface area contributed by atoms with Gasteiger partial charge in [-0.2, -0.15) is 5.10 Å². The number of fused-ring (bicyclic) bond motifs is 1. The van der Waals surface area contributed by atoms with E-state index in [1.54, 1.807) is 12.1 Å². The topological polar surface area (TPSA) is 29.9 Å². The van der Waals surface area contributed by atoms with E-state index in [4.69, 9.17) is 16.7 Å². The molecule has 1 aliphatic rings. The summed E-state index contributed by atoms with van der Waals surface area (Å²) in [6.07, 6.45) is 2.95. The van der Waals surface area contributed by atoms with Crippen molar-refractivity contribution in [1.82, 2.24) is 15.1 Å². The molecule has 0 saturated carbocycles. The van der Waals surface area contributed by atoms with E-state index in [2.05, 4.69) is 12.2 Å². The number of nitrogens with zero attached hydrogens (tertiary/aromatic N) is 2. The van der Waals surface area contributed by atoms with Crippen molar-refractivity contribution < 1.29 is 4.39 Å². The molecular formula is C16H19ClFN3. The van der Waals surface area contributed by atoms with Crippen molar-refractivity contribution in [3.05, 3.63) is 51.6 Å². The fourth-order valence-electron chi connectivity index (χ4n) is 2.89. The molecule has 0 fully saturated rings. The number of hydrogen-bond donors (Lipinski definition) is 1. The highest BCUT2D eigenvalue weighted by Gasteiger charge is 2.21. The minimum absolute atomic E-state index is 0.266. The summed E-state index contributed by atoms with van der Waals surface area (Å²) in [5, 5.41) is 8.56. The molecule has 0 aliphatic carbocycles. The molecule has 0 atom stereocenters. The van der Waals surface area contributed by atoms with Gasteiger partial charge in [0.15, 0.2) is 0 Å². The standard InChI is InChI=1S/C16H19ClFN3/c1-2-4-15-11-9-19-8-7-16(11)21(20-15)10-12-13(17)5-3-6-14(12)18/h3,5-6,19H,2,4,7-10H2,1H3. The van der Waals surface area contributed by atoms with Crippen LogP contribution < -0.4 is 5.32 Å². The Hall–Kier alpha value is -1.39. The Balaban J connectivity index is 1.99. The zero-order valence-electron chi connectivity index (χ0n) is 12.1. The maximum Gasteiger partial charge on any atom is 0.129 e. The van der Waals surface area contributed by atoms with Gasteiger partial charge in [-0.15, -0.1) is 0 Å². The van der Waals surface area contributed by atoms with E-state index in [0.717, 1.165) is 38.0 Å². The number of hydrogen-bond acceptors (Lipinski definition) is 2. The second-order valence-corrected chi connectivity index (χ2v) is 5.81. The lowest BCUT2D eigenvalue weighted by atomic mass is 10.0. The minimum Gasteiger partial charge on any atom is -0.312 e. The van der Waals surface area contributed by atoms with E-state index in [0.29, 0.717) is 17.1 Å². The average molecular weight is 308 g/mol. The predicted octanol–water partition coefficient (Wildman–Crippen LogP) is 3.32. The summed E-state index contributed by atoms with van der Waals surface area (Å²) < 4.78 is 15.9. The number of aromatic nitrogens is 2. The molecule has 2 heterocycles. The second kappa shape index (κ2) is 6.16. The molecule has 0 radical (unpaired) electrons. The maximum absolute atomic E-state index is 14.0. The lowest BCUT2D eigenvalue weighted by molar-refractivity contribution is 0.556. The molecule has 0 amide bonds. The molecule has 112 valence electrons. The molecule has 1 aromatic carbocycles. The van der Waals surface area contributed by atoms with Gasteiger partial charge in [0.2, 0.25) is 0 Å². The van der Waals surface area contributed by atoms with E-state index < -0.39 is 0 Å². The van der Waals surface area contributed by atoms with Crippen LogP contribution in [0.5, 0.6) is 0 Å². The Morgan fingerprint density at radius 3 is 3.05 bits per heavy atom. The Morgan fingerprint density at radius 1 is 1.43 bits per heavy atom. The summed E-state index contributed by atoms with van der Waals surface area (Å²) in [6, 6.07) is 4.81. The van der Waals surface area contributed by atoms with Crippen LogP contribution in [0.25, 0.3) is 0 Å². The molecule has 0 spiro atoms. The summed E-state index contributed by atoms with van der Waals surface area (Å²) in [7, 11) is 0. The van der Waals surface area contributed by atoms with Crippen molar-refractivity contribution in [2.24, 2.45) is 0 Å². The Kier molecular flexibility index (Phi) is 4.27. The predicted molar refractivity (Wildman–Crippen MR) is 82.1 cm³/mol. The third-order valence-corrected chi connectivity index (χ3v) is 4.30. The van der Waals surface area contributed by atoms with E-state index in [1.807, 2.05) is 4.68 Å². The first-order valence-corrected chi connectivity index (χ1v) is 7.79. The van der Waals surface area contributed by atoms with E-state index >= 15 is 0 Å². The zero-order chi connectivity index (χ0) is 14.8. The third kappa shape index (κ3) is 2.83. The van der Waals surface area contributed by atoms with Crippen molar-refractivity contribution in [1.29, 1.82) is 0 Å². The Morgan fingerprint density at radius 2 is 2.29 bits per heavy atom. The smallest absolute Gasteiger partial charge is 0.129 e. The van der Waals surface area contributed by atoms with Gasteiger partial charge in [-0.05, 0) is 18.6 Å². The molecule has 1 aliphatic heterocycles. The molecule has 3 nitrogen and oxygen atoms in total. The van der Waals surface area contributed by atoms with E-state index in [9.17, 15) is 4.39 Å². The lowest BCUT2D eigenvalue weighted by Gasteiger charge is -2.16. The molecule has 0 bridgehead atoms. The summed E-state index contributed by atoms with van der Waals surface area (Å²) in [6.45, 7) is 4.35. The summed E-state index contributed by atoms with van der Waals surface area (Å²) in [4.78, 5) is 0. The van der Waals surface area contributed by atoms with Gasteiger partial charge >= 0.3 is 0 Å². The van der Waals surface area contributed by atoms with Crippen molar-refractivity contribution in [3.8, 4) is 0 Å². The molecule has 0 unspecified atom stereocenters. The van der Waals surface area contributed by atoms with Crippen LogP contribution in [0.4, 0.5) is 4.39 Å². The summed E-state index contributed by atoms with van der Waals surface area (Å²) in [5.41, 5.74) is 4.16. The van der Waals surface area contributed by atoms with Gasteiger partial charge in [-0.3, -0.25) is 4.68 Å². The summed E-state index contributed by atoms with van der Waals surface area (Å²) >= 11 is 6.14. The van der Waals surface area contributed by atoms with E-state index in [-0.39, 0.29) is 5.82 Å². The second-order valence-electron chi connectivity index (χ2n) is 5.41. The molecule has 2 aromatic rings. The molecule has 21 heavy (non-hydrogen) atoms. The fourth-order valence-corrected chi connectivity index (χ4v) is 3.12. The molecule has 0 saturated heterocycles. The lowest BCUT2D eigenvalue weighted by Crippen LogP contribution is -2.25. The molecule has 5 heteroatoms. The van der Waals surface area contributed by atoms with Crippen LogP contribution in [0.2, 0.25) is 5.02 Å². The molecular weight excluding hydrogens is 289 g/mol.